The van der Waals surface area contributed by atoms with Gasteiger partial charge in [0.2, 0.25) is 0 Å². The third kappa shape index (κ3) is 6.58. The maximum absolute atomic E-state index is 13.5. The number of hydrogen-bond donors (Lipinski definition) is 2. The van der Waals surface area contributed by atoms with Gasteiger partial charge in [0, 0.05) is 29.4 Å². The molecule has 6 nitrogen and oxygen atoms in total. The molecule has 0 unspecified atom stereocenters. The lowest BCUT2D eigenvalue weighted by Gasteiger charge is -2.17. The molecule has 0 aliphatic heterocycles. The van der Waals surface area contributed by atoms with Crippen molar-refractivity contribution in [1.29, 1.82) is 0 Å². The summed E-state index contributed by atoms with van der Waals surface area (Å²) in [6, 6.07) is 15.2. The molecule has 7 heteroatoms. The zero-order valence-corrected chi connectivity index (χ0v) is 17.9. The van der Waals surface area contributed by atoms with E-state index in [0.29, 0.717) is 29.2 Å². The van der Waals surface area contributed by atoms with E-state index in [1.54, 1.807) is 30.3 Å². The monoisotopic (exact) mass is 421 g/mol. The van der Waals surface area contributed by atoms with Gasteiger partial charge in [-0.3, -0.25) is 4.79 Å². The van der Waals surface area contributed by atoms with Crippen LogP contribution in [0.15, 0.2) is 60.9 Å². The van der Waals surface area contributed by atoms with Crippen LogP contribution in [0.2, 0.25) is 0 Å². The van der Waals surface area contributed by atoms with Crippen LogP contribution in [0.1, 0.15) is 30.6 Å². The average Bonchev–Trinajstić information content (AvgIpc) is 2.80. The van der Waals surface area contributed by atoms with E-state index >= 15 is 0 Å². The van der Waals surface area contributed by atoms with E-state index in [9.17, 15) is 9.18 Å². The first-order valence-electron chi connectivity index (χ1n) is 10.5. The molecule has 0 aliphatic carbocycles. The van der Waals surface area contributed by atoms with Crippen LogP contribution >= 0.6 is 0 Å². The number of halogens is 1. The third-order valence-electron chi connectivity index (χ3n) is 5.04. The Morgan fingerprint density at radius 3 is 2.52 bits per heavy atom. The predicted octanol–water partition coefficient (Wildman–Crippen LogP) is 4.49. The Bertz CT molecular complexity index is 989. The fraction of sp³-hybridized carbons (Fsp3) is 0.292. The molecule has 2 aromatic carbocycles. The van der Waals surface area contributed by atoms with Gasteiger partial charge < -0.3 is 15.5 Å². The standard InChI is InChI=1S/C24H28FN5O/c1-3-30(4-2)14-6-13-26-24(31)18-9-11-21(12-10-18)29-23-16-22(27-17-28-23)19-7-5-8-20(25)15-19/h5,7-12,15-17H,3-4,6,13-14H2,1-2H3,(H,26,31)(H,27,28,29). The first-order valence-corrected chi connectivity index (χ1v) is 10.5. The molecule has 0 radical (unpaired) electrons. The number of hydrogen-bond acceptors (Lipinski definition) is 5. The fourth-order valence-electron chi connectivity index (χ4n) is 3.23. The SMILES string of the molecule is CCN(CC)CCCNC(=O)c1ccc(Nc2cc(-c3cccc(F)c3)ncn2)cc1. The minimum absolute atomic E-state index is 0.0819. The first kappa shape index (κ1) is 22.4. The third-order valence-corrected chi connectivity index (χ3v) is 5.04. The summed E-state index contributed by atoms with van der Waals surface area (Å²) in [6.45, 7) is 7.96. The maximum Gasteiger partial charge on any atom is 0.251 e. The normalized spacial score (nSPS) is 10.8. The summed E-state index contributed by atoms with van der Waals surface area (Å²) in [7, 11) is 0. The van der Waals surface area contributed by atoms with Gasteiger partial charge in [-0.25, -0.2) is 14.4 Å². The molecule has 0 atom stereocenters. The van der Waals surface area contributed by atoms with E-state index in [4.69, 9.17) is 0 Å². The van der Waals surface area contributed by atoms with E-state index in [1.807, 2.05) is 12.1 Å². The highest BCUT2D eigenvalue weighted by Gasteiger charge is 2.07. The number of carbonyl (C=O) groups is 1. The molecular formula is C24H28FN5O. The Balaban J connectivity index is 1.56. The molecule has 0 saturated carbocycles. The highest BCUT2D eigenvalue weighted by molar-refractivity contribution is 5.94. The molecule has 1 aromatic heterocycles. The number of carbonyl (C=O) groups excluding carboxylic acids is 1. The second-order valence-electron chi connectivity index (χ2n) is 7.14. The van der Waals surface area contributed by atoms with Gasteiger partial charge in [0.1, 0.15) is 18.0 Å². The Labute approximate surface area is 182 Å². The Morgan fingerprint density at radius 2 is 1.81 bits per heavy atom. The van der Waals surface area contributed by atoms with E-state index < -0.39 is 0 Å². The zero-order chi connectivity index (χ0) is 22.1. The van der Waals surface area contributed by atoms with Crippen LogP contribution in [0.5, 0.6) is 0 Å². The molecule has 31 heavy (non-hydrogen) atoms. The number of nitrogens with zero attached hydrogens (tertiary/aromatic N) is 3. The van der Waals surface area contributed by atoms with E-state index in [-0.39, 0.29) is 11.7 Å². The molecule has 0 saturated heterocycles. The van der Waals surface area contributed by atoms with Crippen molar-refractivity contribution in [2.75, 3.05) is 31.5 Å². The summed E-state index contributed by atoms with van der Waals surface area (Å²) >= 11 is 0. The number of anilines is 2. The quantitative estimate of drug-likeness (QED) is 0.472. The summed E-state index contributed by atoms with van der Waals surface area (Å²) in [5.41, 5.74) is 2.70. The number of benzene rings is 2. The van der Waals surface area contributed by atoms with Crippen molar-refractivity contribution < 1.29 is 9.18 Å². The molecule has 0 aliphatic rings. The molecule has 0 bridgehead atoms. The van der Waals surface area contributed by atoms with Crippen molar-refractivity contribution in [3.63, 3.8) is 0 Å². The summed E-state index contributed by atoms with van der Waals surface area (Å²) in [5, 5.41) is 6.15. The number of aromatic nitrogens is 2. The highest BCUT2D eigenvalue weighted by atomic mass is 19.1. The number of nitrogens with one attached hydrogen (secondary N) is 2. The van der Waals surface area contributed by atoms with Crippen molar-refractivity contribution in [2.24, 2.45) is 0 Å². The molecule has 0 fully saturated rings. The molecule has 3 rings (SSSR count). The van der Waals surface area contributed by atoms with Gasteiger partial charge in [0.25, 0.3) is 5.91 Å². The van der Waals surface area contributed by atoms with Gasteiger partial charge >= 0.3 is 0 Å². The van der Waals surface area contributed by atoms with Crippen molar-refractivity contribution >= 4 is 17.4 Å². The lowest BCUT2D eigenvalue weighted by molar-refractivity contribution is 0.0952. The van der Waals surface area contributed by atoms with Crippen LogP contribution < -0.4 is 10.6 Å². The van der Waals surface area contributed by atoms with Crippen molar-refractivity contribution in [1.82, 2.24) is 20.2 Å². The van der Waals surface area contributed by atoms with Gasteiger partial charge in [-0.1, -0.05) is 26.0 Å². The lowest BCUT2D eigenvalue weighted by Crippen LogP contribution is -2.29. The topological polar surface area (TPSA) is 70.2 Å². The molecule has 2 N–H and O–H groups in total. The fourth-order valence-corrected chi connectivity index (χ4v) is 3.23. The van der Waals surface area contributed by atoms with Gasteiger partial charge in [-0.15, -0.1) is 0 Å². The maximum atomic E-state index is 13.5. The average molecular weight is 422 g/mol. The van der Waals surface area contributed by atoms with Crippen LogP contribution in [-0.4, -0.2) is 47.0 Å². The Kier molecular flexibility index (Phi) is 8.06. The number of amides is 1. The van der Waals surface area contributed by atoms with Crippen molar-refractivity contribution in [3.05, 3.63) is 72.3 Å². The first-order chi connectivity index (χ1) is 15.1. The van der Waals surface area contributed by atoms with Crippen molar-refractivity contribution in [2.45, 2.75) is 20.3 Å². The summed E-state index contributed by atoms with van der Waals surface area (Å²) < 4.78 is 13.5. The summed E-state index contributed by atoms with van der Waals surface area (Å²) in [6.07, 6.45) is 2.36. The molecular weight excluding hydrogens is 393 g/mol. The van der Waals surface area contributed by atoms with Gasteiger partial charge in [0.05, 0.1) is 5.69 Å². The molecule has 0 spiro atoms. The van der Waals surface area contributed by atoms with Gasteiger partial charge in [-0.05, 0) is 62.5 Å². The van der Waals surface area contributed by atoms with Crippen LogP contribution in [0.4, 0.5) is 15.9 Å². The van der Waals surface area contributed by atoms with E-state index in [1.165, 1.54) is 18.5 Å². The van der Waals surface area contributed by atoms with Gasteiger partial charge in [0.15, 0.2) is 0 Å². The minimum atomic E-state index is -0.312. The zero-order valence-electron chi connectivity index (χ0n) is 17.9. The molecule has 1 amide bonds. The van der Waals surface area contributed by atoms with Crippen LogP contribution in [0.25, 0.3) is 11.3 Å². The second kappa shape index (κ2) is 11.2. The number of rotatable bonds is 10. The predicted molar refractivity (Wildman–Crippen MR) is 122 cm³/mol. The Hall–Kier alpha value is -3.32. The lowest BCUT2D eigenvalue weighted by atomic mass is 10.1. The van der Waals surface area contributed by atoms with Crippen molar-refractivity contribution in [3.8, 4) is 11.3 Å². The summed E-state index contributed by atoms with van der Waals surface area (Å²) in [4.78, 5) is 23.1. The van der Waals surface area contributed by atoms with Gasteiger partial charge in [-0.2, -0.15) is 0 Å². The Morgan fingerprint density at radius 1 is 1.03 bits per heavy atom. The molecule has 3 aromatic rings. The largest absolute Gasteiger partial charge is 0.352 e. The highest BCUT2D eigenvalue weighted by Crippen LogP contribution is 2.22. The summed E-state index contributed by atoms with van der Waals surface area (Å²) in [5.74, 6) is 0.192. The van der Waals surface area contributed by atoms with E-state index in [0.717, 1.165) is 31.7 Å². The van der Waals surface area contributed by atoms with Crippen LogP contribution in [0.3, 0.4) is 0 Å². The van der Waals surface area contributed by atoms with Crippen LogP contribution in [0, 0.1) is 5.82 Å². The molecule has 162 valence electrons. The smallest absolute Gasteiger partial charge is 0.251 e. The van der Waals surface area contributed by atoms with E-state index in [2.05, 4.69) is 39.3 Å². The second-order valence-corrected chi connectivity index (χ2v) is 7.14. The minimum Gasteiger partial charge on any atom is -0.352 e. The van der Waals surface area contributed by atoms with Crippen LogP contribution in [-0.2, 0) is 0 Å². The molecule has 1 heterocycles.